The Kier molecular flexibility index (Phi) is 7.32. The molecule has 0 unspecified atom stereocenters. The highest BCUT2D eigenvalue weighted by Gasteiger charge is 2.19. The Morgan fingerprint density at radius 3 is 2.24 bits per heavy atom. The van der Waals surface area contributed by atoms with Crippen LogP contribution in [0.25, 0.3) is 5.69 Å². The number of aryl methyl sites for hydroxylation is 3. The average molecular weight is 456 g/mol. The van der Waals surface area contributed by atoms with Crippen molar-refractivity contribution in [3.05, 3.63) is 102 Å². The first kappa shape index (κ1) is 22.5. The number of anilines is 1. The molecule has 4 rings (SSSR count). The fourth-order valence-corrected chi connectivity index (χ4v) is 4.06. The van der Waals surface area contributed by atoms with Crippen LogP contribution in [0.15, 0.2) is 95.2 Å². The predicted octanol–water partition coefficient (Wildman–Crippen LogP) is 5.47. The van der Waals surface area contributed by atoms with Crippen LogP contribution in [0, 0.1) is 6.92 Å². The standard InChI is InChI=1S/C26H25N5OS/c1-19-13-16-22(17-14-19)27-29-25(20(2)32)33-26-30-28-24(18-15-21-9-5-3-6-10-21)31(26)23-11-7-4-8-12-23/h3-14,16-17,27H,15,18H2,1-2H3/b29-25+. The number of ketones is 1. The number of aromatic nitrogens is 3. The van der Waals surface area contributed by atoms with Gasteiger partial charge < -0.3 is 0 Å². The number of hydrogen-bond donors (Lipinski definition) is 1. The highest BCUT2D eigenvalue weighted by Crippen LogP contribution is 2.25. The van der Waals surface area contributed by atoms with Crippen LogP contribution in [0.3, 0.4) is 0 Å². The van der Waals surface area contributed by atoms with Gasteiger partial charge in [-0.2, -0.15) is 5.10 Å². The number of nitrogens with zero attached hydrogens (tertiary/aromatic N) is 4. The largest absolute Gasteiger partial charge is 0.292 e. The highest BCUT2D eigenvalue weighted by atomic mass is 32.2. The normalized spacial score (nSPS) is 11.4. The van der Waals surface area contributed by atoms with Crippen molar-refractivity contribution in [2.75, 3.05) is 5.43 Å². The van der Waals surface area contributed by atoms with Gasteiger partial charge in [-0.1, -0.05) is 66.2 Å². The highest BCUT2D eigenvalue weighted by molar-refractivity contribution is 8.15. The molecule has 1 heterocycles. The Morgan fingerprint density at radius 1 is 0.909 bits per heavy atom. The van der Waals surface area contributed by atoms with Crippen molar-refractivity contribution in [2.45, 2.75) is 31.8 Å². The molecule has 3 aromatic carbocycles. The van der Waals surface area contributed by atoms with Crippen LogP contribution >= 0.6 is 11.8 Å². The molecule has 1 N–H and O–H groups in total. The van der Waals surface area contributed by atoms with Gasteiger partial charge in [0, 0.05) is 19.0 Å². The van der Waals surface area contributed by atoms with Crippen LogP contribution in [-0.4, -0.2) is 25.6 Å². The second-order valence-electron chi connectivity index (χ2n) is 7.61. The van der Waals surface area contributed by atoms with Crippen LogP contribution in [0.5, 0.6) is 0 Å². The van der Waals surface area contributed by atoms with E-state index in [9.17, 15) is 4.79 Å². The fourth-order valence-electron chi connectivity index (χ4n) is 3.27. The second kappa shape index (κ2) is 10.7. The summed E-state index contributed by atoms with van der Waals surface area (Å²) in [6.07, 6.45) is 1.57. The van der Waals surface area contributed by atoms with Crippen LogP contribution < -0.4 is 5.43 Å². The molecule has 0 aliphatic heterocycles. The number of thioether (sulfide) groups is 1. The van der Waals surface area contributed by atoms with Crippen LogP contribution in [0.1, 0.15) is 23.9 Å². The quantitative estimate of drug-likeness (QED) is 0.165. The lowest BCUT2D eigenvalue weighted by Gasteiger charge is -2.11. The third-order valence-corrected chi connectivity index (χ3v) is 6.04. The van der Waals surface area contributed by atoms with Crippen molar-refractivity contribution in [3.63, 3.8) is 0 Å². The molecule has 4 aromatic rings. The number of carbonyl (C=O) groups excluding carboxylic acids is 1. The maximum absolute atomic E-state index is 12.3. The van der Waals surface area contributed by atoms with Gasteiger partial charge in [-0.15, -0.1) is 10.2 Å². The summed E-state index contributed by atoms with van der Waals surface area (Å²) in [6, 6.07) is 28.1. The molecule has 0 bridgehead atoms. The van der Waals surface area contributed by atoms with E-state index < -0.39 is 0 Å². The summed E-state index contributed by atoms with van der Waals surface area (Å²) in [5, 5.41) is 14.1. The Morgan fingerprint density at radius 2 is 1.58 bits per heavy atom. The van der Waals surface area contributed by atoms with E-state index in [2.05, 4.69) is 32.9 Å². The van der Waals surface area contributed by atoms with E-state index in [1.165, 1.54) is 24.2 Å². The van der Waals surface area contributed by atoms with Gasteiger partial charge in [0.2, 0.25) is 5.16 Å². The molecule has 33 heavy (non-hydrogen) atoms. The van der Waals surface area contributed by atoms with E-state index in [1.807, 2.05) is 84.3 Å². The van der Waals surface area contributed by atoms with Crippen LogP contribution in [0.4, 0.5) is 5.69 Å². The Balaban J connectivity index is 1.61. The van der Waals surface area contributed by atoms with Crippen molar-refractivity contribution in [3.8, 4) is 5.69 Å². The molecule has 6 nitrogen and oxygen atoms in total. The zero-order valence-corrected chi connectivity index (χ0v) is 19.4. The number of carbonyl (C=O) groups is 1. The lowest BCUT2D eigenvalue weighted by Crippen LogP contribution is -2.11. The number of nitrogens with one attached hydrogen (secondary N) is 1. The first-order valence-electron chi connectivity index (χ1n) is 10.7. The lowest BCUT2D eigenvalue weighted by atomic mass is 10.1. The number of rotatable bonds is 8. The summed E-state index contributed by atoms with van der Waals surface area (Å²) in [6.45, 7) is 3.53. The minimum absolute atomic E-state index is 0.145. The summed E-state index contributed by atoms with van der Waals surface area (Å²) < 4.78 is 2.00. The van der Waals surface area contributed by atoms with Crippen molar-refractivity contribution < 1.29 is 4.79 Å². The van der Waals surface area contributed by atoms with Crippen molar-refractivity contribution in [1.82, 2.24) is 14.8 Å². The first-order chi connectivity index (χ1) is 16.1. The molecule has 7 heteroatoms. The molecule has 0 fully saturated rings. The van der Waals surface area contributed by atoms with E-state index in [0.717, 1.165) is 35.6 Å². The average Bonchev–Trinajstić information content (AvgIpc) is 3.25. The molecule has 0 spiro atoms. The van der Waals surface area contributed by atoms with Gasteiger partial charge >= 0.3 is 0 Å². The van der Waals surface area contributed by atoms with Crippen molar-refractivity contribution in [1.29, 1.82) is 0 Å². The van der Waals surface area contributed by atoms with Gasteiger partial charge in [0.25, 0.3) is 0 Å². The molecular weight excluding hydrogens is 430 g/mol. The Labute approximate surface area is 197 Å². The minimum atomic E-state index is -0.145. The van der Waals surface area contributed by atoms with Gasteiger partial charge in [0.15, 0.2) is 10.8 Å². The second-order valence-corrected chi connectivity index (χ2v) is 8.56. The summed E-state index contributed by atoms with van der Waals surface area (Å²) in [5.41, 5.74) is 7.13. The number of hydrogen-bond acceptors (Lipinski definition) is 6. The molecule has 0 aliphatic carbocycles. The van der Waals surface area contributed by atoms with Crippen LogP contribution in [0.2, 0.25) is 0 Å². The fraction of sp³-hybridized carbons (Fsp3) is 0.154. The van der Waals surface area contributed by atoms with Gasteiger partial charge in [-0.25, -0.2) is 0 Å². The maximum Gasteiger partial charge on any atom is 0.202 e. The third kappa shape index (κ3) is 5.96. The smallest absolute Gasteiger partial charge is 0.202 e. The number of para-hydroxylation sites is 1. The molecule has 0 aliphatic rings. The molecule has 0 atom stereocenters. The predicted molar refractivity (Wildman–Crippen MR) is 134 cm³/mol. The summed E-state index contributed by atoms with van der Waals surface area (Å²) in [4.78, 5) is 12.3. The first-order valence-corrected chi connectivity index (χ1v) is 11.5. The third-order valence-electron chi connectivity index (χ3n) is 5.02. The molecule has 1 aromatic heterocycles. The van der Waals surface area contributed by atoms with Crippen molar-refractivity contribution in [2.24, 2.45) is 5.10 Å². The summed E-state index contributed by atoms with van der Waals surface area (Å²) in [5.74, 6) is 0.690. The van der Waals surface area contributed by atoms with Gasteiger partial charge in [0.1, 0.15) is 5.82 Å². The van der Waals surface area contributed by atoms with E-state index in [1.54, 1.807) is 0 Å². The molecule has 0 saturated heterocycles. The number of Topliss-reactive ketones (excluding diaryl/α,β-unsaturated/α-hetero) is 1. The monoisotopic (exact) mass is 455 g/mol. The molecular formula is C26H25N5OS. The summed E-state index contributed by atoms with van der Waals surface area (Å²) in [7, 11) is 0. The molecule has 166 valence electrons. The van der Waals surface area contributed by atoms with E-state index >= 15 is 0 Å². The van der Waals surface area contributed by atoms with E-state index in [-0.39, 0.29) is 5.78 Å². The molecule has 0 radical (unpaired) electrons. The van der Waals surface area contributed by atoms with Crippen molar-refractivity contribution >= 4 is 28.3 Å². The zero-order valence-electron chi connectivity index (χ0n) is 18.6. The van der Waals surface area contributed by atoms with Gasteiger partial charge in [0.05, 0.1) is 5.69 Å². The lowest BCUT2D eigenvalue weighted by molar-refractivity contribution is -0.110. The van der Waals surface area contributed by atoms with E-state index in [0.29, 0.717) is 10.2 Å². The van der Waals surface area contributed by atoms with Gasteiger partial charge in [-0.05, 0) is 54.9 Å². The zero-order chi connectivity index (χ0) is 23.0. The summed E-state index contributed by atoms with van der Waals surface area (Å²) >= 11 is 1.21. The number of benzene rings is 3. The minimum Gasteiger partial charge on any atom is -0.292 e. The number of hydrazone groups is 1. The Hall–Kier alpha value is -3.71. The van der Waals surface area contributed by atoms with Gasteiger partial charge in [-0.3, -0.25) is 14.8 Å². The Bertz CT molecular complexity index is 1230. The molecule has 0 amide bonds. The SMILES string of the molecule is CC(=O)/C(=N\Nc1ccc(C)cc1)Sc1nnc(CCc2ccccc2)n1-c1ccccc1. The van der Waals surface area contributed by atoms with E-state index in [4.69, 9.17) is 0 Å². The van der Waals surface area contributed by atoms with Crippen LogP contribution in [-0.2, 0) is 17.6 Å². The maximum atomic E-state index is 12.3. The molecule has 0 saturated carbocycles. The topological polar surface area (TPSA) is 72.2 Å².